The Morgan fingerprint density at radius 3 is 2.41 bits per heavy atom. The summed E-state index contributed by atoms with van der Waals surface area (Å²) in [4.78, 5) is 11.4. The van der Waals surface area contributed by atoms with Gasteiger partial charge in [0.25, 0.3) is 5.91 Å². The van der Waals surface area contributed by atoms with E-state index in [1.807, 2.05) is 0 Å². The van der Waals surface area contributed by atoms with Crippen molar-refractivity contribution in [2.75, 3.05) is 0 Å². The van der Waals surface area contributed by atoms with Gasteiger partial charge in [-0.1, -0.05) is 29.8 Å². The van der Waals surface area contributed by atoms with E-state index < -0.39 is 11.1 Å². The van der Waals surface area contributed by atoms with E-state index >= 15 is 0 Å². The molecule has 0 saturated carbocycles. The third-order valence-electron chi connectivity index (χ3n) is 2.64. The van der Waals surface area contributed by atoms with E-state index in [1.165, 1.54) is 0 Å². The van der Waals surface area contributed by atoms with Gasteiger partial charge >= 0.3 is 29.6 Å². The van der Waals surface area contributed by atoms with Crippen molar-refractivity contribution in [3.63, 3.8) is 0 Å². The molecule has 1 heterocycles. The molecule has 0 N–H and O–H groups in total. The van der Waals surface area contributed by atoms with Crippen LogP contribution in [0.4, 0.5) is 0 Å². The Morgan fingerprint density at radius 1 is 1.14 bits per heavy atom. The van der Waals surface area contributed by atoms with E-state index in [2.05, 4.69) is 10.2 Å². The molecule has 1 aliphatic rings. The molecule has 2 aromatic carbocycles. The molecular formula is C14H10ClN2NaO3S. The Bertz CT molecular complexity index is 710. The Labute approximate surface area is 157 Å². The minimum absolute atomic E-state index is 0. The number of azo groups is 1. The molecule has 1 unspecified atom stereocenters. The molecule has 0 saturated heterocycles. The second-order valence-electron chi connectivity index (χ2n) is 4.05. The van der Waals surface area contributed by atoms with Gasteiger partial charge in [0, 0.05) is 15.5 Å². The van der Waals surface area contributed by atoms with Gasteiger partial charge in [-0.25, -0.2) is 0 Å². The minimum Gasteiger partial charge on any atom is -0.768 e. The molecule has 2 aromatic rings. The van der Waals surface area contributed by atoms with Gasteiger partial charge in [0.15, 0.2) is 0 Å². The monoisotopic (exact) mass is 344 g/mol. The summed E-state index contributed by atoms with van der Waals surface area (Å²) in [5, 5.41) is 7.73. The molecule has 0 bridgehead atoms. The fraction of sp³-hybridized carbons (Fsp3) is 0.0714. The van der Waals surface area contributed by atoms with Crippen molar-refractivity contribution in [2.45, 2.75) is 11.4 Å². The summed E-state index contributed by atoms with van der Waals surface area (Å²) >= 11 is 3.66. The van der Waals surface area contributed by atoms with Gasteiger partial charge < -0.3 is 4.55 Å². The molecule has 0 aromatic heterocycles. The number of nitrogens with zero attached hydrogens (tertiary/aromatic N) is 2. The van der Waals surface area contributed by atoms with Crippen molar-refractivity contribution in [3.05, 3.63) is 64.7 Å². The summed E-state index contributed by atoms with van der Waals surface area (Å²) < 4.78 is 20.4. The van der Waals surface area contributed by atoms with E-state index in [0.717, 1.165) is 5.56 Å². The second kappa shape index (κ2) is 9.29. The molecule has 108 valence electrons. The first-order valence-electron chi connectivity index (χ1n) is 5.92. The largest absolute Gasteiger partial charge is 1.00 e. The molecule has 1 amide bonds. The Balaban J connectivity index is 0.000000219. The Morgan fingerprint density at radius 2 is 1.82 bits per heavy atom. The number of carbonyl (C=O) groups excluding carboxylic acids is 1. The molecule has 1 atom stereocenters. The molecule has 5 nitrogen and oxygen atoms in total. The number of hydrogen-bond donors (Lipinski definition) is 0. The van der Waals surface area contributed by atoms with Crippen molar-refractivity contribution >= 4 is 28.6 Å². The third kappa shape index (κ3) is 5.39. The van der Waals surface area contributed by atoms with Crippen LogP contribution in [0, 0.1) is 0 Å². The van der Waals surface area contributed by atoms with Crippen molar-refractivity contribution < 1.29 is 43.1 Å². The first-order chi connectivity index (χ1) is 10.1. The average molecular weight is 345 g/mol. The Hall–Kier alpha value is -0.890. The van der Waals surface area contributed by atoms with Crippen LogP contribution >= 0.6 is 11.6 Å². The van der Waals surface area contributed by atoms with E-state index in [1.54, 1.807) is 48.5 Å². The van der Waals surface area contributed by atoms with Crippen LogP contribution in [0.3, 0.4) is 0 Å². The quantitative estimate of drug-likeness (QED) is 0.554. The van der Waals surface area contributed by atoms with Crippen LogP contribution < -0.4 is 29.6 Å². The molecule has 0 fully saturated rings. The first kappa shape index (κ1) is 19.2. The molecular weight excluding hydrogens is 335 g/mol. The van der Waals surface area contributed by atoms with Crippen LogP contribution in [0.15, 0.2) is 63.7 Å². The Kier molecular flexibility index (Phi) is 8.09. The molecule has 1 aliphatic heterocycles. The van der Waals surface area contributed by atoms with Crippen molar-refractivity contribution in [1.82, 2.24) is 0 Å². The zero-order valence-electron chi connectivity index (χ0n) is 11.7. The zero-order chi connectivity index (χ0) is 15.2. The number of rotatable bonds is 1. The van der Waals surface area contributed by atoms with Gasteiger partial charge in [-0.3, -0.25) is 9.00 Å². The fourth-order valence-electron chi connectivity index (χ4n) is 1.66. The number of amides is 1. The van der Waals surface area contributed by atoms with Crippen LogP contribution in [0.25, 0.3) is 0 Å². The summed E-state index contributed by atoms with van der Waals surface area (Å²) in [5.74, 6) is -0.284. The maximum absolute atomic E-state index is 11.1. The topological polar surface area (TPSA) is 81.9 Å². The maximum Gasteiger partial charge on any atom is 1.00 e. The SMILES string of the molecule is O=C1N=NCc2cc(Cl)ccc21.O=S([O-])c1ccccc1.[Na+]. The summed E-state index contributed by atoms with van der Waals surface area (Å²) in [6.07, 6.45) is 0. The fourth-order valence-corrected chi connectivity index (χ4v) is 2.24. The number of benzene rings is 2. The first-order valence-corrected chi connectivity index (χ1v) is 7.38. The smallest absolute Gasteiger partial charge is 0.768 e. The normalized spacial score (nSPS) is 13.3. The van der Waals surface area contributed by atoms with E-state index in [-0.39, 0.29) is 35.5 Å². The maximum atomic E-state index is 11.1. The van der Waals surface area contributed by atoms with Crippen LogP contribution in [0.5, 0.6) is 0 Å². The second-order valence-corrected chi connectivity index (χ2v) is 5.43. The van der Waals surface area contributed by atoms with E-state index in [4.69, 9.17) is 11.6 Å². The number of fused-ring (bicyclic) bond motifs is 1. The van der Waals surface area contributed by atoms with Crippen molar-refractivity contribution in [3.8, 4) is 0 Å². The molecule has 0 aliphatic carbocycles. The summed E-state index contributed by atoms with van der Waals surface area (Å²) in [6.45, 7) is 0.446. The molecule has 0 radical (unpaired) electrons. The number of halogens is 1. The standard InChI is InChI=1S/C8H5ClN2O.C6H6O2S.Na/c9-6-1-2-7-5(3-6)4-10-11-8(7)12;7-9(8)6-4-2-1-3-5-6;/h1-3H,4H2;1-5H,(H,7,8);/q;;+1/p-1. The van der Waals surface area contributed by atoms with Crippen molar-refractivity contribution in [2.24, 2.45) is 10.2 Å². The summed E-state index contributed by atoms with van der Waals surface area (Å²) in [6, 6.07) is 13.3. The molecule has 0 spiro atoms. The van der Waals surface area contributed by atoms with E-state index in [9.17, 15) is 13.6 Å². The number of carbonyl (C=O) groups is 1. The predicted molar refractivity (Wildman–Crippen MR) is 78.0 cm³/mol. The predicted octanol–water partition coefficient (Wildman–Crippen LogP) is 0.375. The van der Waals surface area contributed by atoms with Gasteiger partial charge in [0.2, 0.25) is 0 Å². The van der Waals surface area contributed by atoms with Crippen molar-refractivity contribution in [1.29, 1.82) is 0 Å². The molecule has 3 rings (SSSR count). The zero-order valence-corrected chi connectivity index (χ0v) is 15.3. The van der Waals surface area contributed by atoms with Crippen LogP contribution in [0.2, 0.25) is 5.02 Å². The average Bonchev–Trinajstić information content (AvgIpc) is 2.49. The van der Waals surface area contributed by atoms with Gasteiger partial charge in [-0.2, -0.15) is 5.11 Å². The summed E-state index contributed by atoms with van der Waals surface area (Å²) in [5.41, 5.74) is 1.46. The van der Waals surface area contributed by atoms with Crippen LogP contribution in [-0.4, -0.2) is 14.7 Å². The third-order valence-corrected chi connectivity index (χ3v) is 3.53. The summed E-state index contributed by atoms with van der Waals surface area (Å²) in [7, 11) is 0. The molecule has 8 heteroatoms. The van der Waals surface area contributed by atoms with Gasteiger partial charge in [0.05, 0.1) is 6.54 Å². The number of hydrogen-bond acceptors (Lipinski definition) is 4. The van der Waals surface area contributed by atoms with Gasteiger partial charge in [0.1, 0.15) is 0 Å². The molecule has 22 heavy (non-hydrogen) atoms. The van der Waals surface area contributed by atoms with Crippen LogP contribution in [0.1, 0.15) is 15.9 Å². The van der Waals surface area contributed by atoms with Gasteiger partial charge in [-0.05, 0) is 47.0 Å². The van der Waals surface area contributed by atoms with Gasteiger partial charge in [-0.15, -0.1) is 5.11 Å². The van der Waals surface area contributed by atoms with Crippen LogP contribution in [-0.2, 0) is 17.6 Å². The minimum atomic E-state index is -2.08. The van der Waals surface area contributed by atoms with E-state index in [0.29, 0.717) is 22.0 Å².